The summed E-state index contributed by atoms with van der Waals surface area (Å²) < 4.78 is 19.6. The first-order valence-electron chi connectivity index (χ1n) is 12.3. The normalized spacial score (nSPS) is 11.0. The Morgan fingerprint density at radius 3 is 2.21 bits per heavy atom. The number of carbonyl (C=O) groups is 2. The molecule has 0 atom stereocenters. The van der Waals surface area contributed by atoms with Crippen LogP contribution in [0.5, 0.6) is 5.75 Å². The second-order valence-corrected chi connectivity index (χ2v) is 10.3. The lowest BCUT2D eigenvalue weighted by Gasteiger charge is -2.31. The summed E-state index contributed by atoms with van der Waals surface area (Å²) >= 11 is 5.83. The van der Waals surface area contributed by atoms with Crippen LogP contribution in [0.4, 0.5) is 26.2 Å². The van der Waals surface area contributed by atoms with E-state index in [1.165, 1.54) is 19.2 Å². The van der Waals surface area contributed by atoms with Crippen molar-refractivity contribution in [3.63, 3.8) is 0 Å². The van der Waals surface area contributed by atoms with Crippen molar-refractivity contribution >= 4 is 40.7 Å². The average Bonchev–Trinajstić information content (AvgIpc) is 2.84. The van der Waals surface area contributed by atoms with Crippen LogP contribution >= 0.6 is 11.6 Å². The Morgan fingerprint density at radius 2 is 1.63 bits per heavy atom. The van der Waals surface area contributed by atoms with Gasteiger partial charge in [-0.3, -0.25) is 0 Å². The number of urea groups is 1. The third-order valence-electron chi connectivity index (χ3n) is 5.71. The number of rotatable bonds is 10. The van der Waals surface area contributed by atoms with E-state index in [1.807, 2.05) is 12.1 Å². The average molecular weight is 542 g/mol. The van der Waals surface area contributed by atoms with Crippen molar-refractivity contribution in [1.29, 1.82) is 0 Å². The van der Waals surface area contributed by atoms with Gasteiger partial charge in [-0.1, -0.05) is 57.5 Å². The van der Waals surface area contributed by atoms with E-state index in [2.05, 4.69) is 43.2 Å². The van der Waals surface area contributed by atoms with Crippen LogP contribution in [0.25, 0.3) is 11.1 Å². The van der Waals surface area contributed by atoms with Gasteiger partial charge in [-0.15, -0.1) is 0 Å². The summed E-state index contributed by atoms with van der Waals surface area (Å²) in [5.41, 5.74) is 2.23. The van der Waals surface area contributed by atoms with Crippen LogP contribution in [0.1, 0.15) is 38.1 Å². The number of hydrogen-bond acceptors (Lipinski definition) is 4. The Balaban J connectivity index is 2.10. The Kier molecular flexibility index (Phi) is 9.58. The third kappa shape index (κ3) is 7.16. The van der Waals surface area contributed by atoms with Crippen LogP contribution in [0.3, 0.4) is 0 Å². The summed E-state index contributed by atoms with van der Waals surface area (Å²) in [6.45, 7) is 9.92. The number of amides is 2. The molecule has 0 radical (unpaired) electrons. The van der Waals surface area contributed by atoms with E-state index in [0.29, 0.717) is 28.7 Å². The smallest absolute Gasteiger partial charge is 0.340 e. The van der Waals surface area contributed by atoms with Gasteiger partial charge in [-0.25, -0.2) is 14.0 Å². The number of nitrogens with zero attached hydrogens (tertiary/aromatic N) is 1. The monoisotopic (exact) mass is 541 g/mol. The van der Waals surface area contributed by atoms with Crippen molar-refractivity contribution < 1.29 is 23.8 Å². The van der Waals surface area contributed by atoms with Crippen molar-refractivity contribution in [3.05, 3.63) is 71.0 Å². The number of ether oxygens (including phenoxy) is 1. The number of halogens is 2. The van der Waals surface area contributed by atoms with Crippen molar-refractivity contribution in [2.75, 3.05) is 35.7 Å². The Bertz CT molecular complexity index is 1300. The van der Waals surface area contributed by atoms with Crippen LogP contribution in [0, 0.1) is 17.7 Å². The number of nitrogens with one attached hydrogen (secondary N) is 2. The summed E-state index contributed by atoms with van der Waals surface area (Å²) in [5.74, 6) is -0.880. The fourth-order valence-electron chi connectivity index (χ4n) is 4.26. The number of carboxylic acids is 1. The van der Waals surface area contributed by atoms with E-state index in [9.17, 15) is 19.1 Å². The van der Waals surface area contributed by atoms with E-state index in [4.69, 9.17) is 16.3 Å². The zero-order valence-electron chi connectivity index (χ0n) is 22.1. The summed E-state index contributed by atoms with van der Waals surface area (Å²) in [7, 11) is 1.41. The topological polar surface area (TPSA) is 90.9 Å². The minimum absolute atomic E-state index is 0.0163. The molecule has 0 aliphatic rings. The summed E-state index contributed by atoms with van der Waals surface area (Å²) in [6.07, 6.45) is 0. The molecule has 0 aliphatic heterocycles. The molecule has 0 fully saturated rings. The van der Waals surface area contributed by atoms with Crippen LogP contribution in [-0.4, -0.2) is 37.3 Å². The van der Waals surface area contributed by atoms with Gasteiger partial charge in [-0.2, -0.15) is 0 Å². The lowest BCUT2D eigenvalue weighted by Crippen LogP contribution is -2.32. The number of aromatic carboxylic acids is 1. The second kappa shape index (κ2) is 12.6. The number of carbonyl (C=O) groups excluding carboxylic acids is 1. The molecule has 3 N–H and O–H groups in total. The molecule has 202 valence electrons. The highest BCUT2D eigenvalue weighted by Crippen LogP contribution is 2.36. The first-order chi connectivity index (χ1) is 18.0. The minimum Gasteiger partial charge on any atom is -0.496 e. The van der Waals surface area contributed by atoms with Gasteiger partial charge in [0.15, 0.2) is 0 Å². The SMILES string of the molecule is COc1cccc(-c2ccc(N(CC(C)C)CC(C)C)c(NC(=O)Nc3ccc(Cl)cc3F)c2)c1C(=O)O. The Morgan fingerprint density at radius 1 is 0.974 bits per heavy atom. The van der Waals surface area contributed by atoms with Crippen LogP contribution in [0.15, 0.2) is 54.6 Å². The van der Waals surface area contributed by atoms with Crippen LogP contribution < -0.4 is 20.3 Å². The van der Waals surface area contributed by atoms with E-state index in [-0.39, 0.29) is 22.0 Å². The fourth-order valence-corrected chi connectivity index (χ4v) is 4.42. The number of anilines is 3. The molecule has 2 amide bonds. The van der Waals surface area contributed by atoms with Crippen molar-refractivity contribution in [2.45, 2.75) is 27.7 Å². The van der Waals surface area contributed by atoms with Gasteiger partial charge in [0.1, 0.15) is 17.1 Å². The Labute approximate surface area is 227 Å². The quantitative estimate of drug-likeness (QED) is 0.245. The summed E-state index contributed by atoms with van der Waals surface area (Å²) in [4.78, 5) is 27.3. The maximum absolute atomic E-state index is 14.3. The van der Waals surface area contributed by atoms with Crippen LogP contribution in [-0.2, 0) is 0 Å². The van der Waals surface area contributed by atoms with Crippen LogP contribution in [0.2, 0.25) is 5.02 Å². The predicted octanol–water partition coefficient (Wildman–Crippen LogP) is 7.62. The van der Waals surface area contributed by atoms with Gasteiger partial charge in [0.2, 0.25) is 0 Å². The number of carboxylic acid groups (broad SMARTS) is 1. The van der Waals surface area contributed by atoms with Gasteiger partial charge >= 0.3 is 12.0 Å². The van der Waals surface area contributed by atoms with Crippen molar-refractivity contribution in [2.24, 2.45) is 11.8 Å². The molecular formula is C29H33ClFN3O4. The minimum atomic E-state index is -1.13. The fraction of sp³-hybridized carbons (Fsp3) is 0.310. The summed E-state index contributed by atoms with van der Waals surface area (Å²) in [6, 6.07) is 13.7. The maximum atomic E-state index is 14.3. The van der Waals surface area contributed by atoms with Gasteiger partial charge in [0.05, 0.1) is 24.2 Å². The van der Waals surface area contributed by atoms with E-state index >= 15 is 0 Å². The predicted molar refractivity (Wildman–Crippen MR) is 151 cm³/mol. The highest BCUT2D eigenvalue weighted by molar-refractivity contribution is 6.30. The molecule has 0 saturated carbocycles. The van der Waals surface area contributed by atoms with Gasteiger partial charge in [0.25, 0.3) is 0 Å². The molecule has 38 heavy (non-hydrogen) atoms. The maximum Gasteiger partial charge on any atom is 0.340 e. The van der Waals surface area contributed by atoms with E-state index < -0.39 is 17.8 Å². The molecular weight excluding hydrogens is 509 g/mol. The van der Waals surface area contributed by atoms with Gasteiger partial charge in [-0.05, 0) is 53.8 Å². The lowest BCUT2D eigenvalue weighted by molar-refractivity contribution is 0.0694. The lowest BCUT2D eigenvalue weighted by atomic mass is 9.97. The van der Waals surface area contributed by atoms with Crippen molar-refractivity contribution in [1.82, 2.24) is 0 Å². The van der Waals surface area contributed by atoms with Gasteiger partial charge < -0.3 is 25.4 Å². The largest absolute Gasteiger partial charge is 0.496 e. The zero-order chi connectivity index (χ0) is 28.0. The Hall–Kier alpha value is -3.78. The molecule has 3 aromatic rings. The highest BCUT2D eigenvalue weighted by atomic mass is 35.5. The van der Waals surface area contributed by atoms with E-state index in [1.54, 1.807) is 24.3 Å². The van der Waals surface area contributed by atoms with Gasteiger partial charge in [0, 0.05) is 23.7 Å². The number of methoxy groups -OCH3 is 1. The molecule has 0 bridgehead atoms. The number of benzene rings is 3. The molecule has 0 unspecified atom stereocenters. The first kappa shape index (κ1) is 28.8. The first-order valence-corrected chi connectivity index (χ1v) is 12.7. The molecule has 7 nitrogen and oxygen atoms in total. The van der Waals surface area contributed by atoms with Crippen molar-refractivity contribution in [3.8, 4) is 16.9 Å². The molecule has 0 spiro atoms. The number of hydrogen-bond donors (Lipinski definition) is 3. The molecule has 9 heteroatoms. The zero-order valence-corrected chi connectivity index (χ0v) is 22.9. The molecule has 3 rings (SSSR count). The molecule has 3 aromatic carbocycles. The molecule has 0 aliphatic carbocycles. The standard InChI is InChI=1S/C29H33ClFN3O4/c1-17(2)15-34(16-18(3)4)25-12-9-19(21-7-6-8-26(38-5)27(21)28(35)36)13-24(25)33-29(37)32-23-11-10-20(30)14-22(23)31/h6-14,17-18H,15-16H2,1-5H3,(H,35,36)(H2,32,33,37). The second-order valence-electron chi connectivity index (χ2n) is 9.82. The van der Waals surface area contributed by atoms with E-state index in [0.717, 1.165) is 24.8 Å². The molecule has 0 heterocycles. The molecule has 0 aromatic heterocycles. The third-order valence-corrected chi connectivity index (χ3v) is 5.94. The molecule has 0 saturated heterocycles. The summed E-state index contributed by atoms with van der Waals surface area (Å²) in [5, 5.41) is 15.5. The highest BCUT2D eigenvalue weighted by Gasteiger charge is 2.21.